The molecule has 0 saturated heterocycles. The van der Waals surface area contributed by atoms with Crippen LogP contribution in [-0.4, -0.2) is 16.1 Å². The van der Waals surface area contributed by atoms with E-state index in [1.807, 2.05) is 10.1 Å². The summed E-state index contributed by atoms with van der Waals surface area (Å²) in [6, 6.07) is 9.33. The van der Waals surface area contributed by atoms with E-state index in [9.17, 15) is 0 Å². The molecule has 3 heterocycles. The molecule has 0 spiro atoms. The molecule has 0 nitrogen and oxygen atoms in total. The third-order valence-corrected chi connectivity index (χ3v) is 14.6. The van der Waals surface area contributed by atoms with E-state index in [0.29, 0.717) is 5.92 Å². The minimum absolute atomic E-state index is 0.219. The Kier molecular flexibility index (Phi) is 3.75. The molecule has 118 valence electrons. The molecule has 0 saturated carbocycles. The molecule has 0 radical (unpaired) electrons. The molecule has 0 aliphatic carbocycles. The highest BCUT2D eigenvalue weighted by atomic mass is 31.1. The van der Waals surface area contributed by atoms with Crippen molar-refractivity contribution >= 4 is 29.4 Å². The van der Waals surface area contributed by atoms with Gasteiger partial charge in [0.05, 0.1) is 16.1 Å². The Morgan fingerprint density at radius 2 is 1.45 bits per heavy atom. The van der Waals surface area contributed by atoms with E-state index in [2.05, 4.69) is 77.4 Å². The van der Waals surface area contributed by atoms with Crippen molar-refractivity contribution in [3.05, 3.63) is 50.9 Å². The molecule has 3 aliphatic rings. The Balaban J connectivity index is 2.34. The third-order valence-electron chi connectivity index (χ3n) is 5.05. The molecule has 2 unspecified atom stereocenters. The lowest BCUT2D eigenvalue weighted by Gasteiger charge is -2.50. The molecule has 3 aliphatic heterocycles. The van der Waals surface area contributed by atoms with Gasteiger partial charge in [0.25, 0.3) is 0 Å². The van der Waals surface area contributed by atoms with Gasteiger partial charge < -0.3 is 0 Å². The van der Waals surface area contributed by atoms with Gasteiger partial charge in [-0.05, 0) is 38.0 Å². The van der Waals surface area contributed by atoms with E-state index in [0.717, 1.165) is 0 Å². The van der Waals surface area contributed by atoms with Crippen molar-refractivity contribution in [2.75, 3.05) is 0 Å². The number of rotatable bonds is 2. The van der Waals surface area contributed by atoms with Crippen LogP contribution in [0.15, 0.2) is 45.3 Å². The van der Waals surface area contributed by atoms with Crippen molar-refractivity contribution in [2.45, 2.75) is 59.0 Å². The summed E-state index contributed by atoms with van der Waals surface area (Å²) < 4.78 is 0. The van der Waals surface area contributed by atoms with Crippen LogP contribution in [0.25, 0.3) is 0 Å². The van der Waals surface area contributed by atoms with Gasteiger partial charge in [-0.15, -0.1) is 0 Å². The normalized spacial score (nSPS) is 24.9. The average molecular weight is 345 g/mol. The predicted molar refractivity (Wildman–Crippen MR) is 108 cm³/mol. The fourth-order valence-electron chi connectivity index (χ4n) is 4.55. The zero-order valence-electron chi connectivity index (χ0n) is 15.3. The Labute approximate surface area is 139 Å². The summed E-state index contributed by atoms with van der Waals surface area (Å²) in [5, 5.41) is 5.28. The molecule has 22 heavy (non-hydrogen) atoms. The first kappa shape index (κ1) is 16.4. The summed E-state index contributed by atoms with van der Waals surface area (Å²) in [6.45, 7) is 20.1. The standard InChI is InChI=1S/C19H29PSi2/c1-13-17-15-11-9-10-12-16(15)20(19(13)22(6,7)8)14(2)18(17)21(3,4)5/h9-12,17H,1-8H3. The van der Waals surface area contributed by atoms with Crippen molar-refractivity contribution in [1.29, 1.82) is 0 Å². The van der Waals surface area contributed by atoms with Gasteiger partial charge in [-0.25, -0.2) is 0 Å². The number of hydrogen-bond acceptors (Lipinski definition) is 0. The van der Waals surface area contributed by atoms with E-state index >= 15 is 0 Å². The molecule has 2 bridgehead atoms. The smallest absolute Gasteiger partial charge is 0.0659 e. The van der Waals surface area contributed by atoms with E-state index in [1.165, 1.54) is 0 Å². The van der Waals surface area contributed by atoms with Gasteiger partial charge in [-0.2, -0.15) is 0 Å². The van der Waals surface area contributed by atoms with E-state index in [1.54, 1.807) is 21.8 Å². The Morgan fingerprint density at radius 1 is 0.864 bits per heavy atom. The fraction of sp³-hybridized carbons (Fsp3) is 0.474. The second kappa shape index (κ2) is 5.03. The monoisotopic (exact) mass is 344 g/mol. The first-order valence-electron chi connectivity index (χ1n) is 8.36. The zero-order chi connectivity index (χ0) is 16.4. The van der Waals surface area contributed by atoms with E-state index in [4.69, 9.17) is 0 Å². The molecule has 2 atom stereocenters. The van der Waals surface area contributed by atoms with Crippen LogP contribution in [0.2, 0.25) is 39.3 Å². The number of allylic oxidation sites excluding steroid dienone is 3. The van der Waals surface area contributed by atoms with E-state index < -0.39 is 16.1 Å². The summed E-state index contributed by atoms with van der Waals surface area (Å²) in [5.74, 6) is 0.595. The molecular weight excluding hydrogens is 315 g/mol. The summed E-state index contributed by atoms with van der Waals surface area (Å²) in [4.78, 5) is 1.88. The summed E-state index contributed by atoms with van der Waals surface area (Å²) in [7, 11) is -2.80. The molecule has 0 fully saturated rings. The van der Waals surface area contributed by atoms with Crippen LogP contribution in [0, 0.1) is 0 Å². The van der Waals surface area contributed by atoms with Crippen molar-refractivity contribution < 1.29 is 0 Å². The third kappa shape index (κ3) is 2.26. The van der Waals surface area contributed by atoms with Crippen LogP contribution in [0.1, 0.15) is 25.3 Å². The van der Waals surface area contributed by atoms with Crippen molar-refractivity contribution in [2.24, 2.45) is 0 Å². The molecule has 0 N–H and O–H groups in total. The Hall–Kier alpha value is -0.436. The van der Waals surface area contributed by atoms with Gasteiger partial charge in [-0.3, -0.25) is 0 Å². The maximum absolute atomic E-state index is 2.54. The van der Waals surface area contributed by atoms with Crippen LogP contribution < -0.4 is 5.30 Å². The molecule has 0 amide bonds. The van der Waals surface area contributed by atoms with Crippen LogP contribution in [-0.2, 0) is 0 Å². The number of benzene rings is 1. The molecule has 0 aromatic heterocycles. The maximum atomic E-state index is 2.54. The second-order valence-corrected chi connectivity index (χ2v) is 21.6. The lowest BCUT2D eigenvalue weighted by Crippen LogP contribution is -2.41. The highest BCUT2D eigenvalue weighted by molar-refractivity contribution is 7.77. The highest BCUT2D eigenvalue weighted by Crippen LogP contribution is 2.68. The van der Waals surface area contributed by atoms with Crippen LogP contribution in [0.4, 0.5) is 0 Å². The van der Waals surface area contributed by atoms with Crippen LogP contribution >= 0.6 is 7.92 Å². The van der Waals surface area contributed by atoms with Gasteiger partial charge in [0.2, 0.25) is 0 Å². The SMILES string of the molecule is CC1=C([Si](C)(C)C)P2C(C)=C([Si](C)(C)C)C1c1ccccc12. The van der Waals surface area contributed by atoms with E-state index in [-0.39, 0.29) is 7.92 Å². The minimum atomic E-state index is -1.29. The van der Waals surface area contributed by atoms with Crippen LogP contribution in [0.3, 0.4) is 0 Å². The first-order valence-corrected chi connectivity index (χ1v) is 16.7. The molecular formula is C19H29PSi2. The van der Waals surface area contributed by atoms with Gasteiger partial charge in [0.15, 0.2) is 0 Å². The Morgan fingerprint density at radius 3 is 2.00 bits per heavy atom. The highest BCUT2D eigenvalue weighted by Gasteiger charge is 2.47. The van der Waals surface area contributed by atoms with Crippen molar-refractivity contribution in [3.63, 3.8) is 0 Å². The quantitative estimate of drug-likeness (QED) is 0.442. The molecule has 4 rings (SSSR count). The predicted octanol–water partition coefficient (Wildman–Crippen LogP) is 6.21. The molecule has 3 heteroatoms. The van der Waals surface area contributed by atoms with Crippen molar-refractivity contribution in [1.82, 2.24) is 0 Å². The first-order chi connectivity index (χ1) is 10.0. The Bertz CT molecular complexity index is 638. The second-order valence-electron chi connectivity index (χ2n) is 8.86. The fourth-order valence-corrected chi connectivity index (χ4v) is 15.6. The maximum Gasteiger partial charge on any atom is 0.0789 e. The van der Waals surface area contributed by atoms with Crippen LogP contribution in [0.5, 0.6) is 0 Å². The topological polar surface area (TPSA) is 0 Å². The molecule has 1 aromatic rings. The summed E-state index contributed by atoms with van der Waals surface area (Å²) in [5.41, 5.74) is 3.36. The van der Waals surface area contributed by atoms with Gasteiger partial charge in [0, 0.05) is 5.92 Å². The summed E-state index contributed by atoms with van der Waals surface area (Å²) >= 11 is 0. The van der Waals surface area contributed by atoms with Crippen molar-refractivity contribution in [3.8, 4) is 0 Å². The average Bonchev–Trinajstić information content (AvgIpc) is 2.37. The van der Waals surface area contributed by atoms with Gasteiger partial charge in [0.1, 0.15) is 0 Å². The van der Waals surface area contributed by atoms with Gasteiger partial charge in [-0.1, -0.05) is 79.3 Å². The minimum Gasteiger partial charge on any atom is -0.0659 e. The lowest BCUT2D eigenvalue weighted by molar-refractivity contribution is 0.940. The lowest BCUT2D eigenvalue weighted by atomic mass is 9.91. The zero-order valence-corrected chi connectivity index (χ0v) is 18.2. The summed E-state index contributed by atoms with van der Waals surface area (Å²) in [6.07, 6.45) is 0. The molecule has 1 aromatic carbocycles. The number of hydrogen-bond donors (Lipinski definition) is 0. The largest absolute Gasteiger partial charge is 0.0789 e. The van der Waals surface area contributed by atoms with Gasteiger partial charge >= 0.3 is 0 Å².